The van der Waals surface area contributed by atoms with Crippen LogP contribution < -0.4 is 0 Å². The number of hydrogen-bond donors (Lipinski definition) is 1. The molecule has 0 aromatic carbocycles. The molecule has 0 saturated heterocycles. The monoisotopic (exact) mass is 271 g/mol. The standard InChI is InChI=1S/C11H8F3N3O2/c1-6-4-17(5-15-6)9-3-7(11(12,13)14)2-8(16-9)10(18)19/h2-5H,1H3,(H,18,19). The molecule has 0 saturated carbocycles. The number of carboxylic acid groups (broad SMARTS) is 1. The Kier molecular flexibility index (Phi) is 3.01. The second-order valence-corrected chi connectivity index (χ2v) is 3.82. The van der Waals surface area contributed by atoms with Crippen LogP contribution in [-0.2, 0) is 6.18 Å². The molecule has 8 heteroatoms. The number of imidazole rings is 1. The number of carboxylic acids is 1. The van der Waals surface area contributed by atoms with Crippen molar-refractivity contribution < 1.29 is 23.1 Å². The SMILES string of the molecule is Cc1cn(-c2cc(C(F)(F)F)cc(C(=O)O)n2)cn1. The maximum Gasteiger partial charge on any atom is 0.416 e. The third-order valence-electron chi connectivity index (χ3n) is 2.33. The van der Waals surface area contributed by atoms with Gasteiger partial charge in [-0.15, -0.1) is 0 Å². The molecule has 2 heterocycles. The molecule has 0 unspecified atom stereocenters. The molecule has 0 atom stereocenters. The molecule has 0 aliphatic carbocycles. The Morgan fingerprint density at radius 3 is 2.53 bits per heavy atom. The average Bonchev–Trinajstić information content (AvgIpc) is 2.74. The zero-order valence-electron chi connectivity index (χ0n) is 9.64. The maximum atomic E-state index is 12.7. The fraction of sp³-hybridized carbons (Fsp3) is 0.182. The molecule has 0 fully saturated rings. The molecule has 2 aromatic heterocycles. The minimum Gasteiger partial charge on any atom is -0.477 e. The van der Waals surface area contributed by atoms with Crippen LogP contribution in [-0.4, -0.2) is 25.6 Å². The van der Waals surface area contributed by atoms with E-state index >= 15 is 0 Å². The Bertz CT molecular complexity index is 634. The first-order valence-corrected chi connectivity index (χ1v) is 5.11. The van der Waals surface area contributed by atoms with Crippen LogP contribution in [0.25, 0.3) is 5.82 Å². The van der Waals surface area contributed by atoms with Crippen LogP contribution in [0.3, 0.4) is 0 Å². The molecule has 0 aliphatic heterocycles. The predicted octanol–water partition coefficient (Wildman–Crippen LogP) is 2.29. The van der Waals surface area contributed by atoms with Crippen molar-refractivity contribution >= 4 is 5.97 Å². The number of carbonyl (C=O) groups is 1. The Balaban J connectivity index is 2.61. The molecule has 100 valence electrons. The largest absolute Gasteiger partial charge is 0.477 e. The van der Waals surface area contributed by atoms with Crippen LogP contribution in [0.2, 0.25) is 0 Å². The highest BCUT2D eigenvalue weighted by Gasteiger charge is 2.32. The van der Waals surface area contributed by atoms with E-state index in [2.05, 4.69) is 9.97 Å². The smallest absolute Gasteiger partial charge is 0.416 e. The molecular formula is C11H8F3N3O2. The highest BCUT2D eigenvalue weighted by molar-refractivity contribution is 5.85. The Morgan fingerprint density at radius 2 is 2.05 bits per heavy atom. The van der Waals surface area contributed by atoms with E-state index in [-0.39, 0.29) is 5.82 Å². The summed E-state index contributed by atoms with van der Waals surface area (Å²) in [7, 11) is 0. The lowest BCUT2D eigenvalue weighted by Gasteiger charge is -2.10. The van der Waals surface area contributed by atoms with Gasteiger partial charge in [0.2, 0.25) is 0 Å². The first kappa shape index (κ1) is 13.1. The Morgan fingerprint density at radius 1 is 1.37 bits per heavy atom. The third kappa shape index (κ3) is 2.72. The van der Waals surface area contributed by atoms with Crippen LogP contribution >= 0.6 is 0 Å². The van der Waals surface area contributed by atoms with Crippen LogP contribution in [0, 0.1) is 6.92 Å². The van der Waals surface area contributed by atoms with Gasteiger partial charge in [-0.3, -0.25) is 4.57 Å². The van der Waals surface area contributed by atoms with Gasteiger partial charge in [-0.2, -0.15) is 13.2 Å². The lowest BCUT2D eigenvalue weighted by Crippen LogP contribution is -2.11. The zero-order valence-corrected chi connectivity index (χ0v) is 9.64. The van der Waals surface area contributed by atoms with Crippen LogP contribution in [0.1, 0.15) is 21.7 Å². The van der Waals surface area contributed by atoms with Crippen LogP contribution in [0.4, 0.5) is 13.2 Å². The van der Waals surface area contributed by atoms with Crippen molar-refractivity contribution in [2.75, 3.05) is 0 Å². The van der Waals surface area contributed by atoms with E-state index in [4.69, 9.17) is 5.11 Å². The molecule has 0 bridgehead atoms. The summed E-state index contributed by atoms with van der Waals surface area (Å²) < 4.78 is 39.3. The highest BCUT2D eigenvalue weighted by Crippen LogP contribution is 2.30. The lowest BCUT2D eigenvalue weighted by atomic mass is 10.2. The molecule has 0 aliphatic rings. The highest BCUT2D eigenvalue weighted by atomic mass is 19.4. The lowest BCUT2D eigenvalue weighted by molar-refractivity contribution is -0.137. The normalized spacial score (nSPS) is 11.6. The zero-order chi connectivity index (χ0) is 14.2. The number of aromatic nitrogens is 3. The number of aromatic carboxylic acids is 1. The summed E-state index contributed by atoms with van der Waals surface area (Å²) in [6.07, 6.45) is -1.92. The van der Waals surface area contributed by atoms with Crippen molar-refractivity contribution in [2.45, 2.75) is 13.1 Å². The van der Waals surface area contributed by atoms with E-state index < -0.39 is 23.4 Å². The summed E-state index contributed by atoms with van der Waals surface area (Å²) in [5.74, 6) is -1.67. The molecule has 5 nitrogen and oxygen atoms in total. The number of rotatable bonds is 2. The number of nitrogens with zero attached hydrogens (tertiary/aromatic N) is 3. The summed E-state index contributed by atoms with van der Waals surface area (Å²) >= 11 is 0. The topological polar surface area (TPSA) is 68.0 Å². The first-order chi connectivity index (χ1) is 8.77. The molecule has 2 aromatic rings. The van der Waals surface area contributed by atoms with Crippen molar-refractivity contribution in [1.82, 2.24) is 14.5 Å². The second kappa shape index (κ2) is 4.38. The summed E-state index contributed by atoms with van der Waals surface area (Å²) in [6, 6.07) is 1.27. The maximum absolute atomic E-state index is 12.7. The van der Waals surface area contributed by atoms with Crippen LogP contribution in [0.5, 0.6) is 0 Å². The number of halogens is 3. The summed E-state index contributed by atoms with van der Waals surface area (Å²) in [5.41, 5.74) is -1.16. The number of alkyl halides is 3. The Hall–Kier alpha value is -2.38. The number of pyridine rings is 1. The number of aryl methyl sites for hydroxylation is 1. The minimum atomic E-state index is -4.64. The minimum absolute atomic E-state index is 0.146. The van der Waals surface area contributed by atoms with Gasteiger partial charge < -0.3 is 5.11 Å². The van der Waals surface area contributed by atoms with Gasteiger partial charge >= 0.3 is 12.1 Å². The summed E-state index contributed by atoms with van der Waals surface area (Å²) in [5, 5.41) is 8.80. The van der Waals surface area contributed by atoms with Gasteiger partial charge in [0.05, 0.1) is 11.3 Å². The summed E-state index contributed by atoms with van der Waals surface area (Å²) in [6.45, 7) is 1.65. The Labute approximate surface area is 105 Å². The third-order valence-corrected chi connectivity index (χ3v) is 2.33. The van der Waals surface area contributed by atoms with Gasteiger partial charge in [-0.25, -0.2) is 14.8 Å². The molecule has 0 amide bonds. The van der Waals surface area contributed by atoms with E-state index in [0.29, 0.717) is 11.8 Å². The van der Waals surface area contributed by atoms with Crippen molar-refractivity contribution in [3.63, 3.8) is 0 Å². The van der Waals surface area contributed by atoms with Gasteiger partial charge in [0.15, 0.2) is 5.69 Å². The second-order valence-electron chi connectivity index (χ2n) is 3.82. The molecule has 19 heavy (non-hydrogen) atoms. The van der Waals surface area contributed by atoms with E-state index in [9.17, 15) is 18.0 Å². The summed E-state index contributed by atoms with van der Waals surface area (Å²) in [4.78, 5) is 18.3. The van der Waals surface area contributed by atoms with Gasteiger partial charge in [0.25, 0.3) is 0 Å². The van der Waals surface area contributed by atoms with Gasteiger partial charge in [0.1, 0.15) is 12.1 Å². The molecular weight excluding hydrogens is 263 g/mol. The van der Waals surface area contributed by atoms with E-state index in [0.717, 1.165) is 6.07 Å². The quantitative estimate of drug-likeness (QED) is 0.909. The van der Waals surface area contributed by atoms with E-state index in [1.54, 1.807) is 6.92 Å². The molecule has 2 rings (SSSR count). The molecule has 1 N–H and O–H groups in total. The number of hydrogen-bond acceptors (Lipinski definition) is 3. The average molecular weight is 271 g/mol. The fourth-order valence-corrected chi connectivity index (χ4v) is 1.47. The van der Waals surface area contributed by atoms with Crippen molar-refractivity contribution in [3.8, 4) is 5.82 Å². The molecule has 0 radical (unpaired) electrons. The van der Waals surface area contributed by atoms with Crippen LogP contribution in [0.15, 0.2) is 24.7 Å². The van der Waals surface area contributed by atoms with Crippen molar-refractivity contribution in [2.24, 2.45) is 0 Å². The van der Waals surface area contributed by atoms with Gasteiger partial charge in [-0.1, -0.05) is 0 Å². The first-order valence-electron chi connectivity index (χ1n) is 5.11. The fourth-order valence-electron chi connectivity index (χ4n) is 1.47. The van der Waals surface area contributed by atoms with Gasteiger partial charge in [-0.05, 0) is 19.1 Å². The van der Waals surface area contributed by atoms with E-state index in [1.165, 1.54) is 17.1 Å². The van der Waals surface area contributed by atoms with E-state index in [1.807, 2.05) is 0 Å². The van der Waals surface area contributed by atoms with Crippen molar-refractivity contribution in [3.05, 3.63) is 41.6 Å². The predicted molar refractivity (Wildman–Crippen MR) is 58.1 cm³/mol. The van der Waals surface area contributed by atoms with Crippen molar-refractivity contribution in [1.29, 1.82) is 0 Å². The molecule has 0 spiro atoms. The van der Waals surface area contributed by atoms with Gasteiger partial charge in [0, 0.05) is 6.20 Å².